The zero-order valence-electron chi connectivity index (χ0n) is 5.18. The van der Waals surface area contributed by atoms with Gasteiger partial charge in [0.2, 0.25) is 12.6 Å². The van der Waals surface area contributed by atoms with E-state index in [0.717, 1.165) is 0 Å². The van der Waals surface area contributed by atoms with Gasteiger partial charge in [-0.25, -0.2) is 0 Å². The predicted octanol–water partition coefficient (Wildman–Crippen LogP) is -0.263. The number of aliphatic hydroxyl groups is 1. The van der Waals surface area contributed by atoms with Crippen LogP contribution in [0.4, 0.5) is 0 Å². The Hall–Kier alpha value is -0.700. The van der Waals surface area contributed by atoms with E-state index in [1.165, 1.54) is 19.5 Å². The van der Waals surface area contributed by atoms with Gasteiger partial charge in [0.15, 0.2) is 0 Å². The lowest BCUT2D eigenvalue weighted by Crippen LogP contribution is -2.24. The second kappa shape index (κ2) is 3.35. The van der Waals surface area contributed by atoms with E-state index < -0.39 is 5.60 Å². The molecule has 0 rings (SSSR count). The summed E-state index contributed by atoms with van der Waals surface area (Å²) in [6.07, 6.45) is 2.75. The smallest absolute Gasteiger partial charge is 0.201 e. The monoisotopic (exact) mass is 128 g/mol. The van der Waals surface area contributed by atoms with Crippen LogP contribution in [0.15, 0.2) is 0 Å². The van der Waals surface area contributed by atoms with E-state index in [1.807, 2.05) is 0 Å². The second-order valence-electron chi connectivity index (χ2n) is 2.14. The van der Waals surface area contributed by atoms with Crippen LogP contribution in [0.5, 0.6) is 0 Å². The molecule has 0 aliphatic rings. The molecule has 0 spiro atoms. The summed E-state index contributed by atoms with van der Waals surface area (Å²) in [6, 6.07) is 0. The maximum Gasteiger partial charge on any atom is 0.201 e. The molecular formula is C6H8O3. The van der Waals surface area contributed by atoms with Gasteiger partial charge >= 0.3 is 0 Å². The molecule has 0 unspecified atom stereocenters. The van der Waals surface area contributed by atoms with Gasteiger partial charge in [-0.2, -0.15) is 0 Å². The maximum atomic E-state index is 9.68. The second-order valence-corrected chi connectivity index (χ2v) is 2.14. The largest absolute Gasteiger partial charge is 0.389 e. The summed E-state index contributed by atoms with van der Waals surface area (Å²) >= 11 is 0. The van der Waals surface area contributed by atoms with Crippen LogP contribution >= 0.6 is 0 Å². The number of carbonyl (C=O) groups excluding carboxylic acids is 2. The molecule has 0 aromatic carbocycles. The van der Waals surface area contributed by atoms with Gasteiger partial charge in [-0.3, -0.25) is 9.59 Å². The molecule has 0 fully saturated rings. The Morgan fingerprint density at radius 1 is 1.33 bits per heavy atom. The summed E-state index contributed by atoms with van der Waals surface area (Å²) in [6.45, 7) is 1.39. The summed E-state index contributed by atoms with van der Waals surface area (Å²) in [7, 11) is 0. The highest BCUT2D eigenvalue weighted by molar-refractivity contribution is 5.57. The highest BCUT2D eigenvalue weighted by atomic mass is 16.3. The first-order valence-electron chi connectivity index (χ1n) is 2.55. The van der Waals surface area contributed by atoms with Crippen LogP contribution in [0.25, 0.3) is 0 Å². The van der Waals surface area contributed by atoms with E-state index in [-0.39, 0.29) is 12.8 Å². The first-order valence-corrected chi connectivity index (χ1v) is 2.55. The number of hydrogen-bond acceptors (Lipinski definition) is 3. The van der Waals surface area contributed by atoms with Crippen LogP contribution in [0.3, 0.4) is 0 Å². The third kappa shape index (κ3) is 3.85. The fraction of sp³-hybridized carbons (Fsp3) is 0.667. The van der Waals surface area contributed by atoms with Gasteiger partial charge in [-0.1, -0.05) is 0 Å². The fourth-order valence-corrected chi connectivity index (χ4v) is 0.373. The summed E-state index contributed by atoms with van der Waals surface area (Å²) in [4.78, 5) is 19.4. The van der Waals surface area contributed by atoms with Gasteiger partial charge in [0.05, 0.1) is 5.60 Å². The average Bonchev–Trinajstić information content (AvgIpc) is 1.64. The predicted molar refractivity (Wildman–Crippen MR) is 31.2 cm³/mol. The molecule has 3 heteroatoms. The molecule has 0 saturated heterocycles. The normalized spacial score (nSPS) is 10.9. The van der Waals surface area contributed by atoms with Crippen molar-refractivity contribution in [1.82, 2.24) is 0 Å². The lowest BCUT2D eigenvalue weighted by Gasteiger charge is -2.14. The lowest BCUT2D eigenvalue weighted by atomic mass is 10.0. The molecule has 0 aliphatic carbocycles. The molecular weight excluding hydrogens is 120 g/mol. The van der Waals surface area contributed by atoms with Crippen LogP contribution in [-0.4, -0.2) is 23.3 Å². The third-order valence-electron chi connectivity index (χ3n) is 0.906. The van der Waals surface area contributed by atoms with Crippen molar-refractivity contribution in [3.8, 4) is 0 Å². The molecule has 0 heterocycles. The molecule has 0 aromatic rings. The minimum Gasteiger partial charge on any atom is -0.389 e. The molecule has 0 atom stereocenters. The minimum atomic E-state index is -1.25. The summed E-state index contributed by atoms with van der Waals surface area (Å²) in [5.74, 6) is 0. The quantitative estimate of drug-likeness (QED) is 0.567. The Morgan fingerprint density at radius 2 is 1.67 bits per heavy atom. The molecule has 0 aromatic heterocycles. The highest BCUT2D eigenvalue weighted by Gasteiger charge is 2.19. The SMILES string of the molecule is CC(O)(C[C]=O)C[C]=O. The summed E-state index contributed by atoms with van der Waals surface area (Å²) in [5, 5.41) is 8.99. The van der Waals surface area contributed by atoms with Gasteiger partial charge in [-0.05, 0) is 6.92 Å². The zero-order chi connectivity index (χ0) is 7.33. The molecule has 0 saturated carbocycles. The van der Waals surface area contributed by atoms with E-state index in [0.29, 0.717) is 0 Å². The van der Waals surface area contributed by atoms with Gasteiger partial charge in [-0.15, -0.1) is 0 Å². The van der Waals surface area contributed by atoms with Crippen molar-refractivity contribution in [1.29, 1.82) is 0 Å². The lowest BCUT2D eigenvalue weighted by molar-refractivity contribution is 0.0745. The maximum absolute atomic E-state index is 9.68. The van der Waals surface area contributed by atoms with Crippen molar-refractivity contribution in [3.05, 3.63) is 0 Å². The summed E-state index contributed by atoms with van der Waals surface area (Å²) < 4.78 is 0. The Kier molecular flexibility index (Phi) is 3.09. The van der Waals surface area contributed by atoms with Crippen molar-refractivity contribution >= 4 is 12.6 Å². The van der Waals surface area contributed by atoms with Crippen LogP contribution in [-0.2, 0) is 9.59 Å². The van der Waals surface area contributed by atoms with E-state index >= 15 is 0 Å². The molecule has 0 amide bonds. The molecule has 9 heavy (non-hydrogen) atoms. The summed E-state index contributed by atoms with van der Waals surface area (Å²) in [5.41, 5.74) is -1.25. The molecule has 3 nitrogen and oxygen atoms in total. The van der Waals surface area contributed by atoms with Crippen molar-refractivity contribution in [2.75, 3.05) is 0 Å². The molecule has 1 N–H and O–H groups in total. The van der Waals surface area contributed by atoms with E-state index in [1.54, 1.807) is 0 Å². The first-order chi connectivity index (χ1) is 4.12. The van der Waals surface area contributed by atoms with Crippen molar-refractivity contribution in [3.63, 3.8) is 0 Å². The highest BCUT2D eigenvalue weighted by Crippen LogP contribution is 2.09. The number of hydrogen-bond donors (Lipinski definition) is 1. The van der Waals surface area contributed by atoms with Crippen LogP contribution < -0.4 is 0 Å². The number of rotatable bonds is 4. The molecule has 0 bridgehead atoms. The third-order valence-corrected chi connectivity index (χ3v) is 0.906. The van der Waals surface area contributed by atoms with Gasteiger partial charge in [0.1, 0.15) is 0 Å². The van der Waals surface area contributed by atoms with E-state index in [9.17, 15) is 9.59 Å². The van der Waals surface area contributed by atoms with Crippen LogP contribution in [0.1, 0.15) is 19.8 Å². The molecule has 0 aliphatic heterocycles. The average molecular weight is 128 g/mol. The standard InChI is InChI=1S/C6H8O3/c1-6(9,2-4-7)3-5-8/h9H,2-3H2,1H3. The van der Waals surface area contributed by atoms with Crippen molar-refractivity contribution in [2.45, 2.75) is 25.4 Å². The zero-order valence-corrected chi connectivity index (χ0v) is 5.18. The Labute approximate surface area is 53.7 Å². The van der Waals surface area contributed by atoms with Crippen molar-refractivity contribution < 1.29 is 14.7 Å². The van der Waals surface area contributed by atoms with Gasteiger partial charge < -0.3 is 5.11 Å². The molecule has 2 radical (unpaired) electrons. The van der Waals surface area contributed by atoms with Crippen LogP contribution in [0.2, 0.25) is 0 Å². The topological polar surface area (TPSA) is 54.4 Å². The Morgan fingerprint density at radius 3 is 1.89 bits per heavy atom. The fourth-order valence-electron chi connectivity index (χ4n) is 0.373. The van der Waals surface area contributed by atoms with Gasteiger partial charge in [0, 0.05) is 12.8 Å². The first kappa shape index (κ1) is 8.30. The van der Waals surface area contributed by atoms with Crippen molar-refractivity contribution in [2.24, 2.45) is 0 Å². The molecule has 50 valence electrons. The van der Waals surface area contributed by atoms with E-state index in [2.05, 4.69) is 0 Å². The Bertz CT molecular complexity index is 94.9. The van der Waals surface area contributed by atoms with Gasteiger partial charge in [0.25, 0.3) is 0 Å². The Balaban J connectivity index is 3.68. The van der Waals surface area contributed by atoms with E-state index in [4.69, 9.17) is 5.11 Å². The minimum absolute atomic E-state index is 0.137. The van der Waals surface area contributed by atoms with Crippen LogP contribution in [0, 0.1) is 0 Å².